The van der Waals surface area contributed by atoms with Gasteiger partial charge in [0.2, 0.25) is 0 Å². The zero-order chi connectivity index (χ0) is 14.6. The smallest absolute Gasteiger partial charge is 0.123 e. The van der Waals surface area contributed by atoms with Crippen LogP contribution in [0.3, 0.4) is 0 Å². The van der Waals surface area contributed by atoms with Crippen LogP contribution in [-0.2, 0) is 6.42 Å². The van der Waals surface area contributed by atoms with Crippen molar-refractivity contribution >= 4 is 0 Å². The van der Waals surface area contributed by atoms with Crippen LogP contribution in [0.25, 0.3) is 0 Å². The minimum Gasteiger partial charge on any atom is -0.317 e. The maximum Gasteiger partial charge on any atom is 0.123 e. The maximum atomic E-state index is 13.4. The van der Waals surface area contributed by atoms with Crippen molar-refractivity contribution in [1.82, 2.24) is 5.32 Å². The zero-order valence-corrected chi connectivity index (χ0v) is 13.1. The lowest BCUT2D eigenvalue weighted by Crippen LogP contribution is -2.37. The van der Waals surface area contributed by atoms with Crippen molar-refractivity contribution in [2.45, 2.75) is 46.5 Å². The fraction of sp³-hybridized carbons (Fsp3) is 0.667. The molecule has 1 fully saturated rings. The third-order valence-corrected chi connectivity index (χ3v) is 4.72. The van der Waals surface area contributed by atoms with Gasteiger partial charge in [0.15, 0.2) is 0 Å². The molecule has 112 valence electrons. The van der Waals surface area contributed by atoms with Gasteiger partial charge in [-0.3, -0.25) is 0 Å². The van der Waals surface area contributed by atoms with Gasteiger partial charge in [-0.1, -0.05) is 32.9 Å². The van der Waals surface area contributed by atoms with E-state index < -0.39 is 0 Å². The lowest BCUT2D eigenvalue weighted by atomic mass is 9.65. The highest BCUT2D eigenvalue weighted by molar-refractivity contribution is 5.17. The molecule has 0 radical (unpaired) electrons. The van der Waals surface area contributed by atoms with Crippen molar-refractivity contribution in [2.24, 2.45) is 17.3 Å². The first-order chi connectivity index (χ1) is 9.50. The fourth-order valence-corrected chi connectivity index (χ4v) is 3.59. The van der Waals surface area contributed by atoms with E-state index in [1.165, 1.54) is 25.3 Å². The molecule has 0 aliphatic heterocycles. The topological polar surface area (TPSA) is 12.0 Å². The second kappa shape index (κ2) is 6.71. The number of halogens is 1. The van der Waals surface area contributed by atoms with Crippen molar-refractivity contribution in [1.29, 1.82) is 0 Å². The van der Waals surface area contributed by atoms with Crippen LogP contribution in [0.1, 0.15) is 45.6 Å². The van der Waals surface area contributed by atoms with E-state index >= 15 is 0 Å². The van der Waals surface area contributed by atoms with E-state index in [4.69, 9.17) is 0 Å². The van der Waals surface area contributed by atoms with Crippen molar-refractivity contribution in [2.75, 3.05) is 13.1 Å². The molecule has 1 saturated carbocycles. The van der Waals surface area contributed by atoms with Crippen molar-refractivity contribution in [3.63, 3.8) is 0 Å². The van der Waals surface area contributed by atoms with E-state index in [1.54, 1.807) is 6.07 Å². The quantitative estimate of drug-likeness (QED) is 0.840. The van der Waals surface area contributed by atoms with Gasteiger partial charge in [0, 0.05) is 0 Å². The van der Waals surface area contributed by atoms with Crippen LogP contribution in [0.2, 0.25) is 0 Å². The Morgan fingerprint density at radius 3 is 2.80 bits per heavy atom. The Balaban J connectivity index is 2.06. The fourth-order valence-electron chi connectivity index (χ4n) is 3.59. The summed E-state index contributed by atoms with van der Waals surface area (Å²) in [5.74, 6) is 1.28. The molecule has 2 unspecified atom stereocenters. The molecule has 0 spiro atoms. The van der Waals surface area contributed by atoms with Crippen molar-refractivity contribution < 1.29 is 4.39 Å². The monoisotopic (exact) mass is 277 g/mol. The van der Waals surface area contributed by atoms with Crippen molar-refractivity contribution in [3.05, 3.63) is 35.6 Å². The van der Waals surface area contributed by atoms with E-state index in [9.17, 15) is 4.39 Å². The van der Waals surface area contributed by atoms with E-state index in [0.29, 0.717) is 11.3 Å². The summed E-state index contributed by atoms with van der Waals surface area (Å²) in [6, 6.07) is 7.13. The standard InChI is InChI=1S/C18H28FN/c1-4-20-13-15-8-9-18(2,3)12-16(15)10-14-6-5-7-17(19)11-14/h5-7,11,15-16,20H,4,8-10,12-13H2,1-3H3. The molecule has 0 saturated heterocycles. The molecular weight excluding hydrogens is 249 g/mol. The van der Waals surface area contributed by atoms with Crippen LogP contribution in [-0.4, -0.2) is 13.1 Å². The predicted molar refractivity (Wildman–Crippen MR) is 83.3 cm³/mol. The van der Waals surface area contributed by atoms with Gasteiger partial charge >= 0.3 is 0 Å². The molecule has 0 amide bonds. The third kappa shape index (κ3) is 4.31. The highest BCUT2D eigenvalue weighted by atomic mass is 19.1. The largest absolute Gasteiger partial charge is 0.317 e. The van der Waals surface area contributed by atoms with Crippen LogP contribution in [0, 0.1) is 23.1 Å². The third-order valence-electron chi connectivity index (χ3n) is 4.72. The zero-order valence-electron chi connectivity index (χ0n) is 13.1. The highest BCUT2D eigenvalue weighted by Gasteiger charge is 2.34. The molecule has 2 rings (SSSR count). The van der Waals surface area contributed by atoms with E-state index in [2.05, 4.69) is 32.2 Å². The van der Waals surface area contributed by atoms with E-state index in [1.807, 2.05) is 6.07 Å². The van der Waals surface area contributed by atoms with E-state index in [-0.39, 0.29) is 5.82 Å². The van der Waals surface area contributed by atoms with Gasteiger partial charge in [0.05, 0.1) is 0 Å². The molecule has 2 heteroatoms. The van der Waals surface area contributed by atoms with Gasteiger partial charge in [0.1, 0.15) is 5.82 Å². The lowest BCUT2D eigenvalue weighted by molar-refractivity contribution is 0.116. The van der Waals surface area contributed by atoms with Gasteiger partial charge in [-0.15, -0.1) is 0 Å². The molecule has 1 aliphatic carbocycles. The van der Waals surface area contributed by atoms with E-state index in [0.717, 1.165) is 31.0 Å². The average molecular weight is 277 g/mol. The van der Waals surface area contributed by atoms with Crippen LogP contribution in [0.5, 0.6) is 0 Å². The Hall–Kier alpha value is -0.890. The molecular formula is C18H28FN. The first kappa shape index (κ1) is 15.5. The first-order valence-electron chi connectivity index (χ1n) is 7.95. The minimum absolute atomic E-state index is 0.110. The summed E-state index contributed by atoms with van der Waals surface area (Å²) in [6.45, 7) is 9.04. The molecule has 1 aliphatic rings. The predicted octanol–water partition coefficient (Wildman–Crippen LogP) is 4.42. The maximum absolute atomic E-state index is 13.4. The lowest BCUT2D eigenvalue weighted by Gasteiger charge is -2.41. The van der Waals surface area contributed by atoms with Gasteiger partial charge in [-0.2, -0.15) is 0 Å². The summed E-state index contributed by atoms with van der Waals surface area (Å²) in [7, 11) is 0. The molecule has 1 N–H and O–H groups in total. The summed E-state index contributed by atoms with van der Waals surface area (Å²) >= 11 is 0. The Kier molecular flexibility index (Phi) is 5.20. The number of nitrogens with one attached hydrogen (secondary N) is 1. The van der Waals surface area contributed by atoms with Crippen molar-refractivity contribution in [3.8, 4) is 0 Å². The summed E-state index contributed by atoms with van der Waals surface area (Å²) < 4.78 is 13.4. The summed E-state index contributed by atoms with van der Waals surface area (Å²) in [5, 5.41) is 3.50. The van der Waals surface area contributed by atoms with Crippen LogP contribution >= 0.6 is 0 Å². The molecule has 0 heterocycles. The van der Waals surface area contributed by atoms with Gasteiger partial charge in [-0.05, 0) is 73.7 Å². The Bertz CT molecular complexity index is 427. The highest BCUT2D eigenvalue weighted by Crippen LogP contribution is 2.43. The SMILES string of the molecule is CCNCC1CCC(C)(C)CC1Cc1cccc(F)c1. The van der Waals surface area contributed by atoms with Crippen LogP contribution in [0.15, 0.2) is 24.3 Å². The second-order valence-corrected chi connectivity index (χ2v) is 7.07. The Morgan fingerprint density at radius 2 is 2.10 bits per heavy atom. The molecule has 2 atom stereocenters. The number of hydrogen-bond acceptors (Lipinski definition) is 1. The van der Waals surface area contributed by atoms with Gasteiger partial charge in [0.25, 0.3) is 0 Å². The van der Waals surface area contributed by atoms with Gasteiger partial charge in [-0.25, -0.2) is 4.39 Å². The molecule has 1 aromatic rings. The average Bonchev–Trinajstić information content (AvgIpc) is 2.37. The minimum atomic E-state index is -0.110. The molecule has 20 heavy (non-hydrogen) atoms. The Morgan fingerprint density at radius 1 is 1.30 bits per heavy atom. The van der Waals surface area contributed by atoms with Crippen LogP contribution in [0.4, 0.5) is 4.39 Å². The molecule has 1 nitrogen and oxygen atoms in total. The first-order valence-corrected chi connectivity index (χ1v) is 7.95. The summed E-state index contributed by atoms with van der Waals surface area (Å²) in [5.41, 5.74) is 1.58. The number of rotatable bonds is 5. The summed E-state index contributed by atoms with van der Waals surface area (Å²) in [4.78, 5) is 0. The molecule has 1 aromatic carbocycles. The second-order valence-electron chi connectivity index (χ2n) is 7.07. The van der Waals surface area contributed by atoms with Gasteiger partial charge < -0.3 is 5.32 Å². The summed E-state index contributed by atoms with van der Waals surface area (Å²) in [6.07, 6.45) is 4.86. The normalized spacial score (nSPS) is 25.6. The van der Waals surface area contributed by atoms with Crippen LogP contribution < -0.4 is 5.32 Å². The Labute approximate surface area is 123 Å². The molecule has 0 aromatic heterocycles. The number of benzene rings is 1. The number of hydrogen-bond donors (Lipinski definition) is 1. The molecule has 0 bridgehead atoms.